The minimum absolute atomic E-state index is 0.0651. The Morgan fingerprint density at radius 2 is 1.58 bits per heavy atom. The number of hydrogen-bond acceptors (Lipinski definition) is 4. The first-order valence-corrected chi connectivity index (χ1v) is 7.55. The van der Waals surface area contributed by atoms with Crippen LogP contribution in [0, 0.1) is 17.5 Å². The van der Waals surface area contributed by atoms with E-state index in [-0.39, 0.29) is 12.0 Å². The van der Waals surface area contributed by atoms with E-state index in [0.29, 0.717) is 0 Å². The molecule has 8 heteroatoms. The lowest BCUT2D eigenvalue weighted by molar-refractivity contribution is -0.140. The number of ether oxygens (including phenoxy) is 1. The predicted molar refractivity (Wildman–Crippen MR) is 81.8 cm³/mol. The number of rotatable bonds is 4. The van der Waals surface area contributed by atoms with Gasteiger partial charge in [-0.25, -0.2) is 13.2 Å². The SMILES string of the molecule is COC(=O)CC(B1OC(C)(C)C(C)(C)O1)c1cc(F)c(F)c(F)c1. The number of benzene rings is 1. The van der Waals surface area contributed by atoms with E-state index in [1.54, 1.807) is 0 Å². The first kappa shape index (κ1) is 18.8. The molecule has 0 bridgehead atoms. The Balaban J connectivity index is 2.42. The summed E-state index contributed by atoms with van der Waals surface area (Å²) >= 11 is 0. The van der Waals surface area contributed by atoms with Crippen molar-refractivity contribution < 1.29 is 32.0 Å². The summed E-state index contributed by atoms with van der Waals surface area (Å²) in [4.78, 5) is 11.7. The Bertz CT molecular complexity index is 609. The number of methoxy groups -OCH3 is 1. The van der Waals surface area contributed by atoms with Gasteiger partial charge in [0.1, 0.15) is 0 Å². The molecule has 1 aliphatic rings. The molecule has 1 saturated heterocycles. The van der Waals surface area contributed by atoms with Crippen molar-refractivity contribution in [3.05, 3.63) is 35.1 Å². The topological polar surface area (TPSA) is 44.8 Å². The fourth-order valence-corrected chi connectivity index (χ4v) is 2.48. The van der Waals surface area contributed by atoms with Gasteiger partial charge in [0.2, 0.25) is 0 Å². The van der Waals surface area contributed by atoms with Gasteiger partial charge in [-0.1, -0.05) is 0 Å². The van der Waals surface area contributed by atoms with Crippen LogP contribution >= 0.6 is 0 Å². The molecule has 0 aliphatic carbocycles. The maximum Gasteiger partial charge on any atom is 0.466 e. The molecular formula is C16H20BF3O4. The fourth-order valence-electron chi connectivity index (χ4n) is 2.48. The van der Waals surface area contributed by atoms with Gasteiger partial charge in [0.05, 0.1) is 24.7 Å². The van der Waals surface area contributed by atoms with E-state index in [1.165, 1.54) is 7.11 Å². The molecule has 1 aromatic carbocycles. The van der Waals surface area contributed by atoms with Crippen molar-refractivity contribution in [1.82, 2.24) is 0 Å². The molecule has 0 spiro atoms. The van der Waals surface area contributed by atoms with Crippen molar-refractivity contribution in [2.45, 2.75) is 51.1 Å². The van der Waals surface area contributed by atoms with Gasteiger partial charge in [0.15, 0.2) is 17.5 Å². The van der Waals surface area contributed by atoms with E-state index in [1.807, 2.05) is 27.7 Å². The standard InChI is InChI=1S/C16H20BF3O4/c1-15(2)16(3,4)24-17(23-15)10(8-13(21)22-5)9-6-11(18)14(20)12(19)7-9/h6-7,10H,8H2,1-5H3. The van der Waals surface area contributed by atoms with Crippen LogP contribution in [0.25, 0.3) is 0 Å². The minimum atomic E-state index is -1.57. The minimum Gasteiger partial charge on any atom is -0.469 e. The highest BCUT2D eigenvalue weighted by molar-refractivity contribution is 6.48. The zero-order valence-electron chi connectivity index (χ0n) is 14.3. The summed E-state index contributed by atoms with van der Waals surface area (Å²) in [6, 6.07) is 1.69. The molecule has 1 unspecified atom stereocenters. The molecule has 0 aromatic heterocycles. The maximum atomic E-state index is 13.6. The highest BCUT2D eigenvalue weighted by atomic mass is 19.2. The lowest BCUT2D eigenvalue weighted by atomic mass is 9.66. The van der Waals surface area contributed by atoms with E-state index < -0.39 is 47.6 Å². The van der Waals surface area contributed by atoms with Crippen LogP contribution in [0.2, 0.25) is 0 Å². The Hall–Kier alpha value is -1.54. The molecule has 4 nitrogen and oxygen atoms in total. The van der Waals surface area contributed by atoms with E-state index >= 15 is 0 Å². The maximum absolute atomic E-state index is 13.6. The molecule has 0 N–H and O–H groups in total. The van der Waals surface area contributed by atoms with Gasteiger partial charge >= 0.3 is 13.1 Å². The highest BCUT2D eigenvalue weighted by Gasteiger charge is 2.54. The van der Waals surface area contributed by atoms with E-state index in [9.17, 15) is 18.0 Å². The van der Waals surface area contributed by atoms with Gasteiger partial charge in [-0.3, -0.25) is 4.79 Å². The molecular weight excluding hydrogens is 324 g/mol. The van der Waals surface area contributed by atoms with Crippen LogP contribution in [-0.2, 0) is 18.8 Å². The van der Waals surface area contributed by atoms with Crippen LogP contribution in [-0.4, -0.2) is 31.4 Å². The second-order valence-electron chi connectivity index (χ2n) is 6.81. The van der Waals surface area contributed by atoms with Gasteiger partial charge in [0.25, 0.3) is 0 Å². The summed E-state index contributed by atoms with van der Waals surface area (Å²) in [5.74, 6) is -5.68. The molecule has 1 heterocycles. The highest BCUT2D eigenvalue weighted by Crippen LogP contribution is 2.42. The molecule has 2 rings (SSSR count). The lowest BCUT2D eigenvalue weighted by Crippen LogP contribution is -2.41. The van der Waals surface area contributed by atoms with Gasteiger partial charge in [-0.2, -0.15) is 0 Å². The molecule has 1 aliphatic heterocycles. The van der Waals surface area contributed by atoms with Crippen LogP contribution in [0.15, 0.2) is 12.1 Å². The molecule has 0 amide bonds. The average Bonchev–Trinajstić information content (AvgIpc) is 2.69. The first-order valence-electron chi connectivity index (χ1n) is 7.55. The van der Waals surface area contributed by atoms with Crippen LogP contribution in [0.5, 0.6) is 0 Å². The predicted octanol–water partition coefficient (Wildman–Crippen LogP) is 3.38. The summed E-state index contributed by atoms with van der Waals surface area (Å²) in [7, 11) is 0.272. The zero-order valence-corrected chi connectivity index (χ0v) is 14.3. The van der Waals surface area contributed by atoms with Crippen molar-refractivity contribution in [2.75, 3.05) is 7.11 Å². The second kappa shape index (κ2) is 6.40. The lowest BCUT2D eigenvalue weighted by Gasteiger charge is -2.32. The van der Waals surface area contributed by atoms with Crippen molar-refractivity contribution in [1.29, 1.82) is 0 Å². The van der Waals surface area contributed by atoms with Crippen LogP contribution in [0.3, 0.4) is 0 Å². The average molecular weight is 344 g/mol. The smallest absolute Gasteiger partial charge is 0.466 e. The van der Waals surface area contributed by atoms with Crippen LogP contribution < -0.4 is 0 Å². The Morgan fingerprint density at radius 3 is 2.00 bits per heavy atom. The Labute approximate surface area is 139 Å². The quantitative estimate of drug-likeness (QED) is 0.477. The van der Waals surface area contributed by atoms with Crippen molar-refractivity contribution in [2.24, 2.45) is 0 Å². The van der Waals surface area contributed by atoms with Gasteiger partial charge in [-0.15, -0.1) is 0 Å². The molecule has 1 fully saturated rings. The van der Waals surface area contributed by atoms with Gasteiger partial charge < -0.3 is 14.0 Å². The third-order valence-corrected chi connectivity index (χ3v) is 4.65. The third kappa shape index (κ3) is 3.44. The molecule has 0 radical (unpaired) electrons. The molecule has 0 saturated carbocycles. The van der Waals surface area contributed by atoms with Crippen molar-refractivity contribution in [3.63, 3.8) is 0 Å². The third-order valence-electron chi connectivity index (χ3n) is 4.65. The molecule has 132 valence electrons. The number of halogens is 3. The summed E-state index contributed by atoms with van der Waals surface area (Å²) in [5, 5.41) is 0. The van der Waals surface area contributed by atoms with Crippen LogP contribution in [0.4, 0.5) is 13.2 Å². The fraction of sp³-hybridized carbons (Fsp3) is 0.562. The van der Waals surface area contributed by atoms with Crippen molar-refractivity contribution >= 4 is 13.1 Å². The number of hydrogen-bond donors (Lipinski definition) is 0. The number of carbonyl (C=O) groups is 1. The summed E-state index contributed by atoms with van der Waals surface area (Å²) in [6.45, 7) is 7.25. The van der Waals surface area contributed by atoms with E-state index in [0.717, 1.165) is 12.1 Å². The molecule has 24 heavy (non-hydrogen) atoms. The monoisotopic (exact) mass is 344 g/mol. The normalized spacial score (nSPS) is 20.1. The molecule has 1 aromatic rings. The molecule has 1 atom stereocenters. The van der Waals surface area contributed by atoms with Crippen LogP contribution in [0.1, 0.15) is 45.5 Å². The second-order valence-corrected chi connectivity index (χ2v) is 6.81. The largest absolute Gasteiger partial charge is 0.469 e. The summed E-state index contributed by atoms with van der Waals surface area (Å²) < 4.78 is 56.8. The van der Waals surface area contributed by atoms with Gasteiger partial charge in [0, 0.05) is 5.82 Å². The zero-order chi connectivity index (χ0) is 18.3. The Morgan fingerprint density at radius 1 is 1.12 bits per heavy atom. The first-order chi connectivity index (χ1) is 11.0. The number of carbonyl (C=O) groups excluding carboxylic acids is 1. The van der Waals surface area contributed by atoms with E-state index in [2.05, 4.69) is 4.74 Å². The number of esters is 1. The summed E-state index contributed by atoms with van der Waals surface area (Å²) in [5.41, 5.74) is -1.32. The van der Waals surface area contributed by atoms with E-state index in [4.69, 9.17) is 9.31 Å². The van der Waals surface area contributed by atoms with Gasteiger partial charge in [-0.05, 0) is 45.4 Å². The Kier molecular flexibility index (Phi) is 5.02. The summed E-state index contributed by atoms with van der Waals surface area (Å²) in [6.07, 6.45) is -0.224. The van der Waals surface area contributed by atoms with Crippen molar-refractivity contribution in [3.8, 4) is 0 Å².